The Morgan fingerprint density at radius 1 is 1.24 bits per heavy atom. The number of hydrogen-bond donors (Lipinski definition) is 3. The molecule has 2 fully saturated rings. The molecule has 4 rings (SSSR count). The van der Waals surface area contributed by atoms with Crippen LogP contribution in [0, 0.1) is 11.3 Å². The minimum atomic E-state index is -3.90. The number of fused-ring (bicyclic) bond motifs is 1. The van der Waals surface area contributed by atoms with Crippen molar-refractivity contribution < 1.29 is 14.4 Å². The first-order chi connectivity index (χ1) is 11.8. The van der Waals surface area contributed by atoms with Gasteiger partial charge in [0, 0.05) is 19.2 Å². The van der Waals surface area contributed by atoms with Crippen LogP contribution in [0.3, 0.4) is 0 Å². The highest BCUT2D eigenvalue weighted by atomic mass is 31.2. The van der Waals surface area contributed by atoms with Gasteiger partial charge in [0.15, 0.2) is 0 Å². The third-order valence-electron chi connectivity index (χ3n) is 5.57. The molecule has 1 saturated carbocycles. The number of rotatable bonds is 3. The lowest BCUT2D eigenvalue weighted by Gasteiger charge is -2.52. The Morgan fingerprint density at radius 3 is 2.64 bits per heavy atom. The Morgan fingerprint density at radius 2 is 1.96 bits per heavy atom. The largest absolute Gasteiger partial charge is 0.356 e. The molecule has 25 heavy (non-hydrogen) atoms. The van der Waals surface area contributed by atoms with E-state index in [9.17, 15) is 9.36 Å². The van der Waals surface area contributed by atoms with E-state index >= 15 is 0 Å². The van der Waals surface area contributed by atoms with Crippen LogP contribution < -0.4 is 10.5 Å². The third kappa shape index (κ3) is 3.34. The number of anilines is 1. The van der Waals surface area contributed by atoms with Gasteiger partial charge in [0.1, 0.15) is 17.8 Å². The molecule has 3 heterocycles. The summed E-state index contributed by atoms with van der Waals surface area (Å²) in [6.07, 6.45) is 5.30. The van der Waals surface area contributed by atoms with Gasteiger partial charge in [-0.15, -0.1) is 0 Å². The average Bonchev–Trinajstić information content (AvgIpc) is 2.52. The molecule has 0 unspecified atom stereocenters. The molecular formula is C16H21N4O4P. The van der Waals surface area contributed by atoms with Crippen LogP contribution in [0.25, 0.3) is 11.0 Å². The lowest BCUT2D eigenvalue weighted by atomic mass is 9.58. The van der Waals surface area contributed by atoms with Gasteiger partial charge in [-0.2, -0.15) is 0 Å². The summed E-state index contributed by atoms with van der Waals surface area (Å²) in [4.78, 5) is 43.2. The molecule has 0 amide bonds. The number of piperidine rings is 1. The number of hydrogen-bond acceptors (Lipinski definition) is 5. The smallest absolute Gasteiger partial charge is 0.325 e. The minimum Gasteiger partial charge on any atom is -0.356 e. The minimum absolute atomic E-state index is 0.0162. The van der Waals surface area contributed by atoms with Gasteiger partial charge < -0.3 is 19.7 Å². The Kier molecular flexibility index (Phi) is 3.94. The quantitative estimate of drug-likeness (QED) is 0.706. The highest BCUT2D eigenvalue weighted by Gasteiger charge is 2.47. The molecule has 2 aromatic rings. The molecule has 8 nitrogen and oxygen atoms in total. The Hall–Kier alpha value is -1.76. The molecule has 1 aliphatic carbocycles. The molecule has 0 radical (unpaired) electrons. The monoisotopic (exact) mass is 364 g/mol. The molecule has 1 saturated heterocycles. The van der Waals surface area contributed by atoms with Gasteiger partial charge in [-0.3, -0.25) is 9.36 Å². The van der Waals surface area contributed by atoms with Crippen LogP contribution in [0.4, 0.5) is 5.82 Å². The van der Waals surface area contributed by atoms with Gasteiger partial charge in [0.2, 0.25) is 5.56 Å². The van der Waals surface area contributed by atoms with E-state index in [1.54, 1.807) is 6.07 Å². The van der Waals surface area contributed by atoms with Crippen molar-refractivity contribution >= 4 is 24.4 Å². The van der Waals surface area contributed by atoms with Gasteiger partial charge in [-0.05, 0) is 43.1 Å². The molecular weight excluding hydrogens is 343 g/mol. The number of nitrogens with one attached hydrogen (secondary N) is 1. The molecule has 0 atom stereocenters. The van der Waals surface area contributed by atoms with E-state index in [-0.39, 0.29) is 23.1 Å². The fourth-order valence-electron chi connectivity index (χ4n) is 4.44. The zero-order chi connectivity index (χ0) is 17.7. The molecule has 1 aliphatic heterocycles. The Labute approximate surface area is 144 Å². The van der Waals surface area contributed by atoms with Crippen molar-refractivity contribution in [1.82, 2.24) is 15.0 Å². The number of H-pyrrole nitrogens is 1. The van der Waals surface area contributed by atoms with Gasteiger partial charge >= 0.3 is 7.60 Å². The van der Waals surface area contributed by atoms with Crippen molar-refractivity contribution in [2.75, 3.05) is 24.2 Å². The summed E-state index contributed by atoms with van der Waals surface area (Å²) >= 11 is 0. The maximum atomic E-state index is 11.4. The lowest BCUT2D eigenvalue weighted by Crippen LogP contribution is -2.48. The van der Waals surface area contributed by atoms with Crippen LogP contribution in [0.5, 0.6) is 0 Å². The summed E-state index contributed by atoms with van der Waals surface area (Å²) in [5, 5.41) is 0.839. The standard InChI is InChI=1S/C16H21N4O4P/c21-13-2-1-12-14(19-13)17-10-18-15(12)20-5-3-16(4-6-20)7-11(8-16)9-25(22,23)24/h1-2,10-11H,3-9H2,(H2,22,23,24)(H,17,18,19,21). The van der Waals surface area contributed by atoms with Crippen LogP contribution in [-0.2, 0) is 4.57 Å². The molecule has 2 aliphatic rings. The highest BCUT2D eigenvalue weighted by Crippen LogP contribution is 2.56. The van der Waals surface area contributed by atoms with Crippen molar-refractivity contribution in [2.24, 2.45) is 11.3 Å². The third-order valence-corrected chi connectivity index (χ3v) is 6.56. The maximum Gasteiger partial charge on any atom is 0.325 e. The topological polar surface area (TPSA) is 119 Å². The Balaban J connectivity index is 1.45. The first-order valence-corrected chi connectivity index (χ1v) is 10.3. The summed E-state index contributed by atoms with van der Waals surface area (Å²) < 4.78 is 11.1. The normalized spacial score (nSPS) is 20.8. The number of nitrogens with zero attached hydrogens (tertiary/aromatic N) is 3. The lowest BCUT2D eigenvalue weighted by molar-refractivity contribution is 0.0374. The van der Waals surface area contributed by atoms with Gasteiger partial charge in [-0.1, -0.05) is 0 Å². The van der Waals surface area contributed by atoms with Crippen molar-refractivity contribution in [3.05, 3.63) is 28.8 Å². The zero-order valence-electron chi connectivity index (χ0n) is 13.8. The predicted octanol–water partition coefficient (Wildman–Crippen LogP) is 1.49. The zero-order valence-corrected chi connectivity index (χ0v) is 14.7. The van der Waals surface area contributed by atoms with Crippen LogP contribution in [0.2, 0.25) is 0 Å². The van der Waals surface area contributed by atoms with E-state index in [4.69, 9.17) is 9.79 Å². The maximum absolute atomic E-state index is 11.4. The van der Waals surface area contributed by atoms with E-state index in [0.717, 1.165) is 50.0 Å². The molecule has 9 heteroatoms. The van der Waals surface area contributed by atoms with E-state index in [1.807, 2.05) is 0 Å². The summed E-state index contributed by atoms with van der Waals surface area (Å²) in [7, 11) is -3.90. The first-order valence-electron chi connectivity index (χ1n) is 8.47. The van der Waals surface area contributed by atoms with E-state index < -0.39 is 7.60 Å². The van der Waals surface area contributed by atoms with Crippen LogP contribution in [0.15, 0.2) is 23.3 Å². The summed E-state index contributed by atoms with van der Waals surface area (Å²) in [5.41, 5.74) is 0.594. The van der Waals surface area contributed by atoms with Crippen molar-refractivity contribution in [3.8, 4) is 0 Å². The molecule has 2 aromatic heterocycles. The number of aromatic amines is 1. The number of pyridine rings is 1. The van der Waals surface area contributed by atoms with Gasteiger partial charge in [-0.25, -0.2) is 9.97 Å². The molecule has 1 spiro atoms. The molecule has 134 valence electrons. The fourth-order valence-corrected chi connectivity index (χ4v) is 5.37. The average molecular weight is 364 g/mol. The second kappa shape index (κ2) is 5.90. The predicted molar refractivity (Wildman–Crippen MR) is 93.7 cm³/mol. The van der Waals surface area contributed by atoms with Crippen LogP contribution >= 0.6 is 7.60 Å². The van der Waals surface area contributed by atoms with Gasteiger partial charge in [0.25, 0.3) is 0 Å². The van der Waals surface area contributed by atoms with Crippen molar-refractivity contribution in [3.63, 3.8) is 0 Å². The van der Waals surface area contributed by atoms with Crippen LogP contribution in [-0.4, -0.2) is 44.0 Å². The fraction of sp³-hybridized carbons (Fsp3) is 0.562. The molecule has 0 bridgehead atoms. The van der Waals surface area contributed by atoms with Crippen LogP contribution in [0.1, 0.15) is 25.7 Å². The Bertz CT molecular complexity index is 892. The molecule has 3 N–H and O–H groups in total. The SMILES string of the molecule is O=c1ccc2c(N3CCC4(CC3)CC(CP(=O)(O)O)C4)ncnc2[nH]1. The molecule has 0 aromatic carbocycles. The summed E-state index contributed by atoms with van der Waals surface area (Å²) in [6, 6.07) is 3.24. The van der Waals surface area contributed by atoms with Crippen molar-refractivity contribution in [1.29, 1.82) is 0 Å². The van der Waals surface area contributed by atoms with Crippen molar-refractivity contribution in [2.45, 2.75) is 25.7 Å². The second-order valence-electron chi connectivity index (χ2n) is 7.39. The number of aromatic nitrogens is 3. The van der Waals surface area contributed by atoms with E-state index in [1.165, 1.54) is 12.4 Å². The van der Waals surface area contributed by atoms with Gasteiger partial charge in [0.05, 0.1) is 11.5 Å². The first kappa shape index (κ1) is 16.7. The summed E-state index contributed by atoms with van der Waals surface area (Å²) in [5.74, 6) is 0.986. The second-order valence-corrected chi connectivity index (χ2v) is 9.09. The summed E-state index contributed by atoms with van der Waals surface area (Å²) in [6.45, 7) is 1.71. The highest BCUT2D eigenvalue weighted by molar-refractivity contribution is 7.51. The van der Waals surface area contributed by atoms with E-state index in [0.29, 0.717) is 5.65 Å². The van der Waals surface area contributed by atoms with E-state index in [2.05, 4.69) is 19.9 Å².